The van der Waals surface area contributed by atoms with Gasteiger partial charge in [0.25, 0.3) is 0 Å². The van der Waals surface area contributed by atoms with Gasteiger partial charge in [-0.3, -0.25) is 9.59 Å². The number of fused-ring (bicyclic) bond motifs is 2. The van der Waals surface area contributed by atoms with Gasteiger partial charge < -0.3 is 0 Å². The van der Waals surface area contributed by atoms with Crippen LogP contribution in [0.4, 0.5) is 0 Å². The second kappa shape index (κ2) is 4.32. The summed E-state index contributed by atoms with van der Waals surface area (Å²) >= 11 is 0. The zero-order chi connectivity index (χ0) is 13.4. The van der Waals surface area contributed by atoms with Crippen LogP contribution in [0.1, 0.15) is 26.3 Å². The highest BCUT2D eigenvalue weighted by Crippen LogP contribution is 2.32. The largest absolute Gasteiger partial charge is 0.298 e. The van der Waals surface area contributed by atoms with Crippen molar-refractivity contribution >= 4 is 34.1 Å². The van der Waals surface area contributed by atoms with Crippen LogP contribution < -0.4 is 0 Å². The Balaban J connectivity index is 2.73. The van der Waals surface area contributed by atoms with Gasteiger partial charge in [0.2, 0.25) is 0 Å². The Morgan fingerprint density at radius 1 is 0.737 bits per heavy atom. The molecule has 0 atom stereocenters. The summed E-state index contributed by atoms with van der Waals surface area (Å²) in [6.45, 7) is 1.96. The lowest BCUT2D eigenvalue weighted by atomic mass is 9.90. The number of hydrogen-bond donors (Lipinski definition) is 0. The van der Waals surface area contributed by atoms with Gasteiger partial charge in [0.15, 0.2) is 12.6 Å². The number of rotatable bonds is 2. The van der Waals surface area contributed by atoms with E-state index >= 15 is 0 Å². The minimum Gasteiger partial charge on any atom is -0.298 e. The van der Waals surface area contributed by atoms with E-state index in [4.69, 9.17) is 0 Å². The van der Waals surface area contributed by atoms with Crippen molar-refractivity contribution in [2.24, 2.45) is 0 Å². The van der Waals surface area contributed by atoms with E-state index in [1.807, 2.05) is 49.4 Å². The van der Waals surface area contributed by atoms with Gasteiger partial charge in [0.05, 0.1) is 0 Å². The predicted octanol–water partition coefficient (Wildman–Crippen LogP) is 3.93. The Morgan fingerprint density at radius 2 is 1.32 bits per heavy atom. The van der Waals surface area contributed by atoms with Gasteiger partial charge in [-0.25, -0.2) is 0 Å². The molecule has 2 heteroatoms. The molecular weight excluding hydrogens is 236 g/mol. The van der Waals surface area contributed by atoms with E-state index in [1.165, 1.54) is 0 Å². The zero-order valence-corrected chi connectivity index (χ0v) is 10.5. The lowest BCUT2D eigenvalue weighted by Gasteiger charge is -2.12. The van der Waals surface area contributed by atoms with Crippen LogP contribution in [0.25, 0.3) is 21.5 Å². The fraction of sp³-hybridized carbons (Fsp3) is 0.0588. The van der Waals surface area contributed by atoms with Crippen molar-refractivity contribution in [1.82, 2.24) is 0 Å². The SMILES string of the molecule is Cc1cccc2c(C=O)c3ccccc3c(C=O)c12. The van der Waals surface area contributed by atoms with E-state index in [0.29, 0.717) is 11.1 Å². The number of carbonyl (C=O) groups excluding carboxylic acids is 2. The van der Waals surface area contributed by atoms with Crippen molar-refractivity contribution in [2.45, 2.75) is 6.92 Å². The molecule has 0 aliphatic carbocycles. The van der Waals surface area contributed by atoms with Crippen LogP contribution in [0.2, 0.25) is 0 Å². The van der Waals surface area contributed by atoms with Crippen LogP contribution in [0.15, 0.2) is 42.5 Å². The first-order valence-corrected chi connectivity index (χ1v) is 6.12. The third-order valence-electron chi connectivity index (χ3n) is 3.58. The van der Waals surface area contributed by atoms with Crippen molar-refractivity contribution in [3.8, 4) is 0 Å². The van der Waals surface area contributed by atoms with E-state index < -0.39 is 0 Å². The maximum atomic E-state index is 11.5. The van der Waals surface area contributed by atoms with Gasteiger partial charge in [-0.1, -0.05) is 42.5 Å². The molecule has 0 unspecified atom stereocenters. The lowest BCUT2D eigenvalue weighted by Crippen LogP contribution is -1.95. The first-order chi connectivity index (χ1) is 9.27. The van der Waals surface area contributed by atoms with Gasteiger partial charge in [0, 0.05) is 11.1 Å². The number of hydrogen-bond acceptors (Lipinski definition) is 2. The summed E-state index contributed by atoms with van der Waals surface area (Å²) in [5.74, 6) is 0. The second-order valence-corrected chi connectivity index (χ2v) is 4.61. The summed E-state index contributed by atoms with van der Waals surface area (Å²) < 4.78 is 0. The molecule has 3 rings (SSSR count). The fourth-order valence-electron chi connectivity index (χ4n) is 2.73. The number of aryl methyl sites for hydroxylation is 1. The summed E-state index contributed by atoms with van der Waals surface area (Å²) in [5, 5.41) is 3.38. The molecule has 0 heterocycles. The van der Waals surface area contributed by atoms with Crippen molar-refractivity contribution in [1.29, 1.82) is 0 Å². The first kappa shape index (κ1) is 11.6. The monoisotopic (exact) mass is 248 g/mol. The topological polar surface area (TPSA) is 34.1 Å². The van der Waals surface area contributed by atoms with Crippen molar-refractivity contribution < 1.29 is 9.59 Å². The van der Waals surface area contributed by atoms with Crippen molar-refractivity contribution in [3.63, 3.8) is 0 Å². The highest BCUT2D eigenvalue weighted by Gasteiger charge is 2.13. The molecule has 0 saturated carbocycles. The molecule has 19 heavy (non-hydrogen) atoms. The minimum atomic E-state index is 0.653. The van der Waals surface area contributed by atoms with Crippen LogP contribution >= 0.6 is 0 Å². The average molecular weight is 248 g/mol. The van der Waals surface area contributed by atoms with Gasteiger partial charge in [-0.05, 0) is 34.0 Å². The molecule has 0 aliphatic rings. The summed E-state index contributed by atoms with van der Waals surface area (Å²) in [6.07, 6.45) is 1.75. The highest BCUT2D eigenvalue weighted by molar-refractivity contribution is 6.20. The van der Waals surface area contributed by atoms with E-state index in [2.05, 4.69) is 0 Å². The number of aldehydes is 2. The fourth-order valence-corrected chi connectivity index (χ4v) is 2.73. The van der Waals surface area contributed by atoms with E-state index in [-0.39, 0.29) is 0 Å². The molecule has 2 nitrogen and oxygen atoms in total. The number of carbonyl (C=O) groups is 2. The molecule has 3 aromatic carbocycles. The molecule has 0 radical (unpaired) electrons. The third kappa shape index (κ3) is 1.57. The third-order valence-corrected chi connectivity index (χ3v) is 3.58. The van der Waals surface area contributed by atoms with E-state index in [0.717, 1.165) is 39.7 Å². The molecule has 0 N–H and O–H groups in total. The van der Waals surface area contributed by atoms with Gasteiger partial charge >= 0.3 is 0 Å². The van der Waals surface area contributed by atoms with Crippen LogP contribution in [0.3, 0.4) is 0 Å². The maximum Gasteiger partial charge on any atom is 0.151 e. The molecule has 0 fully saturated rings. The Labute approximate surface area is 110 Å². The summed E-state index contributed by atoms with van der Waals surface area (Å²) in [4.78, 5) is 23.0. The molecule has 3 aromatic rings. The first-order valence-electron chi connectivity index (χ1n) is 6.12. The Kier molecular flexibility index (Phi) is 2.64. The minimum absolute atomic E-state index is 0.653. The normalized spacial score (nSPS) is 10.8. The molecule has 0 aliphatic heterocycles. The molecule has 0 bridgehead atoms. The van der Waals surface area contributed by atoms with Crippen LogP contribution in [-0.2, 0) is 0 Å². The van der Waals surface area contributed by atoms with E-state index in [9.17, 15) is 9.59 Å². The Bertz CT molecular complexity index is 816. The number of benzene rings is 3. The predicted molar refractivity (Wildman–Crippen MR) is 77.0 cm³/mol. The van der Waals surface area contributed by atoms with Gasteiger partial charge in [-0.15, -0.1) is 0 Å². The zero-order valence-electron chi connectivity index (χ0n) is 10.5. The van der Waals surface area contributed by atoms with Gasteiger partial charge in [0.1, 0.15) is 0 Å². The average Bonchev–Trinajstić information content (AvgIpc) is 2.45. The van der Waals surface area contributed by atoms with Crippen molar-refractivity contribution in [3.05, 3.63) is 59.2 Å². The lowest BCUT2D eigenvalue weighted by molar-refractivity contribution is 0.111. The van der Waals surface area contributed by atoms with Crippen LogP contribution in [0.5, 0.6) is 0 Å². The summed E-state index contributed by atoms with van der Waals surface area (Å²) in [5.41, 5.74) is 2.32. The smallest absolute Gasteiger partial charge is 0.151 e. The van der Waals surface area contributed by atoms with Crippen LogP contribution in [0, 0.1) is 6.92 Å². The molecule has 0 amide bonds. The Hall–Kier alpha value is -2.48. The van der Waals surface area contributed by atoms with E-state index in [1.54, 1.807) is 0 Å². The molecule has 92 valence electrons. The Morgan fingerprint density at radius 3 is 1.95 bits per heavy atom. The van der Waals surface area contributed by atoms with Crippen LogP contribution in [-0.4, -0.2) is 12.6 Å². The summed E-state index contributed by atoms with van der Waals surface area (Å²) in [6, 6.07) is 13.3. The highest BCUT2D eigenvalue weighted by atomic mass is 16.1. The molecule has 0 aromatic heterocycles. The van der Waals surface area contributed by atoms with Gasteiger partial charge in [-0.2, -0.15) is 0 Å². The molecular formula is C17H12O2. The van der Waals surface area contributed by atoms with Crippen molar-refractivity contribution in [2.75, 3.05) is 0 Å². The maximum absolute atomic E-state index is 11.5. The second-order valence-electron chi connectivity index (χ2n) is 4.61. The molecule has 0 saturated heterocycles. The summed E-state index contributed by atoms with van der Waals surface area (Å²) in [7, 11) is 0. The quantitative estimate of drug-likeness (QED) is 0.508. The molecule has 0 spiro atoms. The standard InChI is InChI=1S/C17H12O2/c1-11-5-4-8-14-15(9-18)12-6-2-3-7-13(12)16(10-19)17(11)14/h2-10H,1H3.